The zero-order valence-corrected chi connectivity index (χ0v) is 8.88. The van der Waals surface area contributed by atoms with Gasteiger partial charge in [0.2, 0.25) is 5.91 Å². The van der Waals surface area contributed by atoms with E-state index < -0.39 is 0 Å². The lowest BCUT2D eigenvalue weighted by atomic mass is 9.63. The molecular formula is C11H20N2O. The molecule has 3 heteroatoms. The molecule has 2 fully saturated rings. The molecule has 2 atom stereocenters. The fourth-order valence-electron chi connectivity index (χ4n) is 2.90. The normalized spacial score (nSPS) is 31.1. The van der Waals surface area contributed by atoms with Gasteiger partial charge in [0.1, 0.15) is 0 Å². The van der Waals surface area contributed by atoms with Crippen molar-refractivity contribution in [3.05, 3.63) is 0 Å². The van der Waals surface area contributed by atoms with E-state index in [1.165, 1.54) is 32.1 Å². The molecule has 2 aliphatic rings. The Bertz CT molecular complexity index is 231. The van der Waals surface area contributed by atoms with Gasteiger partial charge in [0, 0.05) is 6.04 Å². The zero-order valence-electron chi connectivity index (χ0n) is 8.88. The number of hydrogen-bond acceptors (Lipinski definition) is 2. The van der Waals surface area contributed by atoms with Crippen molar-refractivity contribution in [1.29, 1.82) is 0 Å². The van der Waals surface area contributed by atoms with Crippen LogP contribution < -0.4 is 11.1 Å². The lowest BCUT2D eigenvalue weighted by molar-refractivity contribution is -0.125. The molecule has 2 saturated carbocycles. The zero-order chi connectivity index (χ0) is 10.2. The fraction of sp³-hybridized carbons (Fsp3) is 0.909. The van der Waals surface area contributed by atoms with Crippen LogP contribution >= 0.6 is 0 Å². The van der Waals surface area contributed by atoms with E-state index in [1.54, 1.807) is 6.92 Å². The molecule has 0 aromatic heterocycles. The van der Waals surface area contributed by atoms with Gasteiger partial charge in [-0.1, -0.05) is 12.8 Å². The summed E-state index contributed by atoms with van der Waals surface area (Å²) in [5.41, 5.74) is 6.00. The molecule has 2 unspecified atom stereocenters. The minimum atomic E-state index is -0.367. The van der Waals surface area contributed by atoms with Crippen molar-refractivity contribution in [2.24, 2.45) is 11.1 Å². The molecule has 0 aromatic rings. The summed E-state index contributed by atoms with van der Waals surface area (Å²) in [5, 5.41) is 3.08. The van der Waals surface area contributed by atoms with Crippen LogP contribution in [0.4, 0.5) is 0 Å². The summed E-state index contributed by atoms with van der Waals surface area (Å²) in [6.45, 7) is 1.75. The van der Waals surface area contributed by atoms with Crippen LogP contribution in [0.25, 0.3) is 0 Å². The molecule has 2 rings (SSSR count). The van der Waals surface area contributed by atoms with E-state index in [0.29, 0.717) is 11.5 Å². The number of carbonyl (C=O) groups is 1. The van der Waals surface area contributed by atoms with E-state index >= 15 is 0 Å². The Balaban J connectivity index is 1.90. The van der Waals surface area contributed by atoms with Crippen molar-refractivity contribution in [3.63, 3.8) is 0 Å². The SMILES string of the molecule is CC(N)C(=O)NC1CCC12CCCC2. The summed E-state index contributed by atoms with van der Waals surface area (Å²) >= 11 is 0. The lowest BCUT2D eigenvalue weighted by Gasteiger charge is -2.47. The number of nitrogens with one attached hydrogen (secondary N) is 1. The highest BCUT2D eigenvalue weighted by atomic mass is 16.2. The van der Waals surface area contributed by atoms with Gasteiger partial charge in [0.15, 0.2) is 0 Å². The van der Waals surface area contributed by atoms with E-state index in [1.807, 2.05) is 0 Å². The predicted octanol–water partition coefficient (Wildman–Crippen LogP) is 1.17. The van der Waals surface area contributed by atoms with Crippen molar-refractivity contribution in [2.45, 2.75) is 57.5 Å². The van der Waals surface area contributed by atoms with E-state index in [4.69, 9.17) is 5.73 Å². The highest BCUT2D eigenvalue weighted by molar-refractivity contribution is 5.81. The van der Waals surface area contributed by atoms with Gasteiger partial charge in [-0.3, -0.25) is 4.79 Å². The van der Waals surface area contributed by atoms with Crippen LogP contribution in [0.2, 0.25) is 0 Å². The van der Waals surface area contributed by atoms with E-state index in [2.05, 4.69) is 5.32 Å². The summed E-state index contributed by atoms with van der Waals surface area (Å²) in [7, 11) is 0. The first-order valence-electron chi connectivity index (χ1n) is 5.70. The minimum Gasteiger partial charge on any atom is -0.351 e. The first-order chi connectivity index (χ1) is 6.64. The molecule has 0 heterocycles. The standard InChI is InChI=1S/C11H20N2O/c1-8(12)10(14)13-9-4-7-11(9)5-2-3-6-11/h8-9H,2-7,12H2,1H3,(H,13,14). The maximum atomic E-state index is 11.4. The van der Waals surface area contributed by atoms with E-state index in [0.717, 1.165) is 6.42 Å². The van der Waals surface area contributed by atoms with Gasteiger partial charge in [-0.25, -0.2) is 0 Å². The summed E-state index contributed by atoms with van der Waals surface area (Å²) in [4.78, 5) is 11.4. The summed E-state index contributed by atoms with van der Waals surface area (Å²) in [6.07, 6.45) is 7.73. The number of amides is 1. The third-order valence-corrected chi connectivity index (χ3v) is 4.00. The predicted molar refractivity (Wildman–Crippen MR) is 55.7 cm³/mol. The first-order valence-corrected chi connectivity index (χ1v) is 5.70. The molecule has 1 amide bonds. The van der Waals surface area contributed by atoms with Crippen molar-refractivity contribution >= 4 is 5.91 Å². The van der Waals surface area contributed by atoms with E-state index in [9.17, 15) is 4.79 Å². The molecule has 1 spiro atoms. The van der Waals surface area contributed by atoms with Crippen LogP contribution in [0.3, 0.4) is 0 Å². The molecule has 14 heavy (non-hydrogen) atoms. The third-order valence-electron chi connectivity index (χ3n) is 4.00. The van der Waals surface area contributed by atoms with Crippen molar-refractivity contribution in [1.82, 2.24) is 5.32 Å². The van der Waals surface area contributed by atoms with Gasteiger partial charge < -0.3 is 11.1 Å². The summed E-state index contributed by atoms with van der Waals surface area (Å²) < 4.78 is 0. The van der Waals surface area contributed by atoms with Crippen LogP contribution in [0.15, 0.2) is 0 Å². The largest absolute Gasteiger partial charge is 0.351 e. The first kappa shape index (κ1) is 9.97. The number of nitrogens with two attached hydrogens (primary N) is 1. The van der Waals surface area contributed by atoms with Crippen LogP contribution in [-0.2, 0) is 4.79 Å². The molecule has 2 aliphatic carbocycles. The molecule has 80 valence electrons. The summed E-state index contributed by atoms with van der Waals surface area (Å²) in [5.74, 6) is 0.0148. The molecule has 0 bridgehead atoms. The topological polar surface area (TPSA) is 55.1 Å². The van der Waals surface area contributed by atoms with Gasteiger partial charge in [0.05, 0.1) is 6.04 Å². The van der Waals surface area contributed by atoms with Gasteiger partial charge in [-0.15, -0.1) is 0 Å². The maximum Gasteiger partial charge on any atom is 0.236 e. The smallest absolute Gasteiger partial charge is 0.236 e. The molecule has 0 aromatic carbocycles. The van der Waals surface area contributed by atoms with Gasteiger partial charge >= 0.3 is 0 Å². The third kappa shape index (κ3) is 1.54. The fourth-order valence-corrected chi connectivity index (χ4v) is 2.90. The number of carbonyl (C=O) groups excluding carboxylic acids is 1. The quantitative estimate of drug-likeness (QED) is 0.696. The van der Waals surface area contributed by atoms with E-state index in [-0.39, 0.29) is 11.9 Å². The highest BCUT2D eigenvalue weighted by Crippen LogP contribution is 2.53. The molecule has 0 aliphatic heterocycles. The second-order valence-electron chi connectivity index (χ2n) is 4.96. The Morgan fingerprint density at radius 2 is 2.07 bits per heavy atom. The summed E-state index contributed by atoms with van der Waals surface area (Å²) in [6, 6.07) is 0.0533. The second kappa shape index (κ2) is 3.54. The second-order valence-corrected chi connectivity index (χ2v) is 4.96. The van der Waals surface area contributed by atoms with Crippen LogP contribution in [0.1, 0.15) is 45.4 Å². The molecule has 0 radical (unpaired) electrons. The molecule has 3 N–H and O–H groups in total. The monoisotopic (exact) mass is 196 g/mol. The minimum absolute atomic E-state index is 0.0148. The van der Waals surface area contributed by atoms with Crippen LogP contribution in [0.5, 0.6) is 0 Å². The molecular weight excluding hydrogens is 176 g/mol. The van der Waals surface area contributed by atoms with Crippen molar-refractivity contribution in [2.75, 3.05) is 0 Å². The Morgan fingerprint density at radius 3 is 2.50 bits per heavy atom. The van der Waals surface area contributed by atoms with Gasteiger partial charge in [-0.2, -0.15) is 0 Å². The Hall–Kier alpha value is -0.570. The lowest BCUT2D eigenvalue weighted by Crippen LogP contribution is -2.56. The van der Waals surface area contributed by atoms with Crippen LogP contribution in [0, 0.1) is 5.41 Å². The number of hydrogen-bond donors (Lipinski definition) is 2. The Labute approximate surface area is 85.4 Å². The van der Waals surface area contributed by atoms with Crippen molar-refractivity contribution < 1.29 is 4.79 Å². The Kier molecular flexibility index (Phi) is 2.52. The Morgan fingerprint density at radius 1 is 1.43 bits per heavy atom. The number of rotatable bonds is 2. The average molecular weight is 196 g/mol. The van der Waals surface area contributed by atoms with Gasteiger partial charge in [0.25, 0.3) is 0 Å². The average Bonchev–Trinajstić information content (AvgIpc) is 2.62. The van der Waals surface area contributed by atoms with Crippen LogP contribution in [-0.4, -0.2) is 18.0 Å². The highest BCUT2D eigenvalue weighted by Gasteiger charge is 2.48. The van der Waals surface area contributed by atoms with Crippen molar-refractivity contribution in [3.8, 4) is 0 Å². The molecule has 3 nitrogen and oxygen atoms in total. The molecule has 0 saturated heterocycles. The maximum absolute atomic E-state index is 11.4. The van der Waals surface area contributed by atoms with Gasteiger partial charge in [-0.05, 0) is 38.0 Å².